The second-order valence-corrected chi connectivity index (χ2v) is 4.46. The molecule has 1 aliphatic heterocycles. The number of carboxylic acid groups (broad SMARTS) is 1. The molecule has 1 N–H and O–H groups in total. The predicted molar refractivity (Wildman–Crippen MR) is 63.4 cm³/mol. The molecule has 0 bridgehead atoms. The molecule has 1 fully saturated rings. The summed E-state index contributed by atoms with van der Waals surface area (Å²) in [5, 5.41) is 9.57. The summed E-state index contributed by atoms with van der Waals surface area (Å²) < 4.78 is 0. The highest BCUT2D eigenvalue weighted by Crippen LogP contribution is 2.18. The summed E-state index contributed by atoms with van der Waals surface area (Å²) in [7, 11) is 0. The van der Waals surface area contributed by atoms with E-state index in [9.17, 15) is 9.59 Å². The number of Topliss-reactive ketones (excluding diaryl/α,β-unsaturated/α-hetero) is 1. The largest absolute Gasteiger partial charge is 0.480 e. The molecule has 1 heterocycles. The van der Waals surface area contributed by atoms with Crippen molar-refractivity contribution in [3.8, 4) is 0 Å². The smallest absolute Gasteiger partial charge is 0.321 e. The van der Waals surface area contributed by atoms with E-state index < -0.39 is 12.0 Å². The molecule has 5 heteroatoms. The standard InChI is InChI=1S/C12H12ClNO3/c13-9-3-1-8(2-4-9)11(15)7-10(12(16)17)14-5-6-14/h1-4,10H,5-7H2,(H,16,17). The zero-order valence-corrected chi connectivity index (χ0v) is 9.85. The third-order valence-electron chi connectivity index (χ3n) is 2.75. The molecule has 0 saturated carbocycles. The number of rotatable bonds is 5. The summed E-state index contributed by atoms with van der Waals surface area (Å²) in [5.74, 6) is -1.11. The Morgan fingerprint density at radius 3 is 2.35 bits per heavy atom. The van der Waals surface area contributed by atoms with Crippen LogP contribution in [0.3, 0.4) is 0 Å². The van der Waals surface area contributed by atoms with Gasteiger partial charge in [0.05, 0.1) is 0 Å². The van der Waals surface area contributed by atoms with Crippen LogP contribution in [0, 0.1) is 0 Å². The molecular formula is C12H12ClNO3. The second kappa shape index (κ2) is 4.85. The van der Waals surface area contributed by atoms with Crippen molar-refractivity contribution in [2.45, 2.75) is 12.5 Å². The number of aliphatic carboxylic acids is 1. The first-order valence-electron chi connectivity index (χ1n) is 5.33. The lowest BCUT2D eigenvalue weighted by atomic mass is 10.0. The third-order valence-corrected chi connectivity index (χ3v) is 3.00. The highest BCUT2D eigenvalue weighted by atomic mass is 35.5. The van der Waals surface area contributed by atoms with Crippen molar-refractivity contribution in [3.63, 3.8) is 0 Å². The van der Waals surface area contributed by atoms with Crippen molar-refractivity contribution in [2.24, 2.45) is 0 Å². The maximum atomic E-state index is 11.9. The first-order valence-corrected chi connectivity index (χ1v) is 5.71. The predicted octanol–water partition coefficient (Wildman–Crippen LogP) is 1.68. The number of carboxylic acids is 1. The fourth-order valence-corrected chi connectivity index (χ4v) is 1.80. The van der Waals surface area contributed by atoms with Crippen molar-refractivity contribution in [3.05, 3.63) is 34.9 Å². The summed E-state index contributed by atoms with van der Waals surface area (Å²) in [6.45, 7) is 1.51. The Hall–Kier alpha value is -1.39. The van der Waals surface area contributed by atoms with Gasteiger partial charge >= 0.3 is 5.97 Å². The first kappa shape index (κ1) is 12.1. The Labute approximate surface area is 104 Å². The van der Waals surface area contributed by atoms with E-state index >= 15 is 0 Å². The van der Waals surface area contributed by atoms with Crippen LogP contribution in [0.4, 0.5) is 0 Å². The number of ketones is 1. The van der Waals surface area contributed by atoms with Crippen molar-refractivity contribution < 1.29 is 14.7 Å². The zero-order chi connectivity index (χ0) is 12.4. The average molecular weight is 254 g/mol. The van der Waals surface area contributed by atoms with Gasteiger partial charge in [0, 0.05) is 30.1 Å². The van der Waals surface area contributed by atoms with Gasteiger partial charge in [0.2, 0.25) is 0 Å². The summed E-state index contributed by atoms with van der Waals surface area (Å²) in [5.41, 5.74) is 0.502. The molecule has 4 nitrogen and oxygen atoms in total. The minimum Gasteiger partial charge on any atom is -0.480 e. The lowest BCUT2D eigenvalue weighted by molar-refractivity contribution is -0.141. The maximum Gasteiger partial charge on any atom is 0.321 e. The van der Waals surface area contributed by atoms with Crippen molar-refractivity contribution in [2.75, 3.05) is 13.1 Å². The number of carbonyl (C=O) groups excluding carboxylic acids is 1. The van der Waals surface area contributed by atoms with Gasteiger partial charge in [-0.1, -0.05) is 11.6 Å². The molecule has 0 aromatic heterocycles. The SMILES string of the molecule is O=C(CC(C(=O)O)N1CC1)c1ccc(Cl)cc1. The fourth-order valence-electron chi connectivity index (χ4n) is 1.67. The zero-order valence-electron chi connectivity index (χ0n) is 9.10. The topological polar surface area (TPSA) is 57.4 Å². The molecule has 0 aliphatic carbocycles. The number of hydrogen-bond acceptors (Lipinski definition) is 3. The van der Waals surface area contributed by atoms with Crippen LogP contribution >= 0.6 is 11.6 Å². The number of hydrogen-bond donors (Lipinski definition) is 1. The van der Waals surface area contributed by atoms with E-state index in [4.69, 9.17) is 16.7 Å². The van der Waals surface area contributed by atoms with Gasteiger partial charge in [0.25, 0.3) is 0 Å². The molecule has 2 rings (SSSR count). The normalized spacial score (nSPS) is 16.5. The molecule has 1 atom stereocenters. The third kappa shape index (κ3) is 3.05. The summed E-state index contributed by atoms with van der Waals surface area (Å²) in [4.78, 5) is 24.6. The van der Waals surface area contributed by atoms with Crippen LogP contribution in [0.25, 0.3) is 0 Å². The molecule has 90 valence electrons. The van der Waals surface area contributed by atoms with Crippen LogP contribution in [0.5, 0.6) is 0 Å². The van der Waals surface area contributed by atoms with Crippen LogP contribution in [0.1, 0.15) is 16.8 Å². The summed E-state index contributed by atoms with van der Waals surface area (Å²) in [6, 6.07) is 5.79. The van der Waals surface area contributed by atoms with Crippen LogP contribution in [0.15, 0.2) is 24.3 Å². The maximum absolute atomic E-state index is 11.9. The van der Waals surface area contributed by atoms with Gasteiger partial charge in [0.15, 0.2) is 5.78 Å². The van der Waals surface area contributed by atoms with Gasteiger partial charge in [-0.25, -0.2) is 0 Å². The lowest BCUT2D eigenvalue weighted by Gasteiger charge is -2.12. The Morgan fingerprint density at radius 1 is 1.29 bits per heavy atom. The lowest BCUT2D eigenvalue weighted by Crippen LogP contribution is -2.31. The molecule has 0 radical (unpaired) electrons. The highest BCUT2D eigenvalue weighted by Gasteiger charge is 2.34. The Morgan fingerprint density at radius 2 is 1.88 bits per heavy atom. The van der Waals surface area contributed by atoms with E-state index in [-0.39, 0.29) is 12.2 Å². The van der Waals surface area contributed by atoms with Crippen LogP contribution in [-0.4, -0.2) is 40.9 Å². The first-order chi connectivity index (χ1) is 8.08. The minimum atomic E-state index is -0.940. The van der Waals surface area contributed by atoms with Crippen molar-refractivity contribution in [1.82, 2.24) is 4.90 Å². The van der Waals surface area contributed by atoms with Crippen molar-refractivity contribution in [1.29, 1.82) is 0 Å². The fraction of sp³-hybridized carbons (Fsp3) is 0.333. The average Bonchev–Trinajstić information content (AvgIpc) is 3.10. The summed E-state index contributed by atoms with van der Waals surface area (Å²) >= 11 is 5.72. The van der Waals surface area contributed by atoms with E-state index in [1.54, 1.807) is 29.2 Å². The van der Waals surface area contributed by atoms with E-state index in [1.165, 1.54) is 0 Å². The number of benzene rings is 1. The molecule has 1 aromatic carbocycles. The van der Waals surface area contributed by atoms with Crippen LogP contribution in [-0.2, 0) is 4.79 Å². The monoisotopic (exact) mass is 253 g/mol. The van der Waals surface area contributed by atoms with Gasteiger partial charge in [-0.3, -0.25) is 14.5 Å². The molecule has 0 amide bonds. The van der Waals surface area contributed by atoms with Gasteiger partial charge in [-0.05, 0) is 24.3 Å². The Balaban J connectivity index is 2.04. The Bertz CT molecular complexity index is 440. The van der Waals surface area contributed by atoms with Gasteiger partial charge in [-0.2, -0.15) is 0 Å². The molecule has 1 aromatic rings. The number of nitrogens with zero attached hydrogens (tertiary/aromatic N) is 1. The molecular weight excluding hydrogens is 242 g/mol. The molecule has 0 spiro atoms. The van der Waals surface area contributed by atoms with Crippen LogP contribution in [0.2, 0.25) is 5.02 Å². The van der Waals surface area contributed by atoms with Gasteiger partial charge in [-0.15, -0.1) is 0 Å². The molecule has 1 saturated heterocycles. The highest BCUT2D eigenvalue weighted by molar-refractivity contribution is 6.30. The minimum absolute atomic E-state index is 0.0109. The van der Waals surface area contributed by atoms with E-state index in [0.717, 1.165) is 13.1 Å². The number of carbonyl (C=O) groups is 2. The number of halogens is 1. The molecule has 17 heavy (non-hydrogen) atoms. The second-order valence-electron chi connectivity index (χ2n) is 4.02. The quantitative estimate of drug-likeness (QED) is 0.641. The van der Waals surface area contributed by atoms with Crippen LogP contribution < -0.4 is 0 Å². The van der Waals surface area contributed by atoms with Gasteiger partial charge in [0.1, 0.15) is 6.04 Å². The molecule has 1 aliphatic rings. The summed E-state index contributed by atoms with van der Waals surface area (Å²) in [6.07, 6.45) is 0.0109. The molecule has 1 unspecified atom stereocenters. The van der Waals surface area contributed by atoms with E-state index in [1.807, 2.05) is 0 Å². The van der Waals surface area contributed by atoms with Crippen molar-refractivity contribution >= 4 is 23.4 Å². The van der Waals surface area contributed by atoms with E-state index in [0.29, 0.717) is 10.6 Å². The van der Waals surface area contributed by atoms with Gasteiger partial charge < -0.3 is 5.11 Å². The van der Waals surface area contributed by atoms with E-state index in [2.05, 4.69) is 0 Å². The Kier molecular flexibility index (Phi) is 3.45.